The molecule has 0 bridgehead atoms. The van der Waals surface area contributed by atoms with E-state index in [1.165, 1.54) is 12.1 Å². The Morgan fingerprint density at radius 2 is 2.17 bits per heavy atom. The summed E-state index contributed by atoms with van der Waals surface area (Å²) < 4.78 is 14.0. The first-order valence-corrected chi connectivity index (χ1v) is 5.64. The van der Waals surface area contributed by atoms with Crippen molar-refractivity contribution in [2.75, 3.05) is 13.1 Å². The van der Waals surface area contributed by atoms with Crippen molar-refractivity contribution in [1.29, 1.82) is 0 Å². The van der Waals surface area contributed by atoms with Crippen LogP contribution in [0.25, 0.3) is 0 Å². The molecule has 1 aromatic rings. The highest BCUT2D eigenvalue weighted by atomic mass is 79.9. The average Bonchev–Trinajstić information content (AvgIpc) is 2.27. The van der Waals surface area contributed by atoms with Gasteiger partial charge in [-0.2, -0.15) is 0 Å². The largest absolute Gasteiger partial charge is 0.480 e. The molecule has 0 heterocycles. The summed E-state index contributed by atoms with van der Waals surface area (Å²) in [7, 11) is 0. The van der Waals surface area contributed by atoms with E-state index in [1.54, 1.807) is 0 Å². The highest BCUT2D eigenvalue weighted by molar-refractivity contribution is 9.10. The number of halogens is 2. The van der Waals surface area contributed by atoms with Crippen LogP contribution in [0.5, 0.6) is 0 Å². The van der Waals surface area contributed by atoms with Gasteiger partial charge in [-0.25, -0.2) is 4.39 Å². The number of hydrogen-bond donors (Lipinski definition) is 1. The Labute approximate surface area is 112 Å². The molecule has 0 atom stereocenters. The van der Waals surface area contributed by atoms with E-state index >= 15 is 0 Å². The third-order valence-corrected chi connectivity index (χ3v) is 2.55. The Morgan fingerprint density at radius 1 is 1.50 bits per heavy atom. The number of nitrogens with zero attached hydrogens (tertiary/aromatic N) is 1. The molecule has 0 aliphatic rings. The number of benzene rings is 1. The number of amides is 1. The standard InChI is InChI=1S/C12H9BrFNO3/c1-2-5-15(7-11(16)17)12(18)9-4-3-8(13)6-10(9)14/h1,3-4,6H,5,7H2,(H,16,17). The van der Waals surface area contributed by atoms with E-state index in [-0.39, 0.29) is 12.1 Å². The third-order valence-electron chi connectivity index (χ3n) is 2.06. The Kier molecular flexibility index (Phi) is 4.86. The summed E-state index contributed by atoms with van der Waals surface area (Å²) in [5.41, 5.74) is -0.213. The first-order valence-electron chi connectivity index (χ1n) is 4.85. The minimum Gasteiger partial charge on any atom is -0.480 e. The number of carboxylic acids is 1. The molecule has 6 heteroatoms. The summed E-state index contributed by atoms with van der Waals surface area (Å²) in [6.07, 6.45) is 5.05. The summed E-state index contributed by atoms with van der Waals surface area (Å²) in [6, 6.07) is 3.89. The summed E-state index contributed by atoms with van der Waals surface area (Å²) in [5, 5.41) is 8.66. The van der Waals surface area contributed by atoms with Gasteiger partial charge in [-0.3, -0.25) is 9.59 Å². The van der Waals surface area contributed by atoms with Crippen LogP contribution in [0.4, 0.5) is 4.39 Å². The Morgan fingerprint density at radius 3 is 2.67 bits per heavy atom. The van der Waals surface area contributed by atoms with Crippen LogP contribution in [0, 0.1) is 18.2 Å². The number of carbonyl (C=O) groups excluding carboxylic acids is 1. The molecule has 1 aromatic carbocycles. The average molecular weight is 314 g/mol. The number of aliphatic carboxylic acids is 1. The minimum absolute atomic E-state index is 0.194. The van der Waals surface area contributed by atoms with Gasteiger partial charge in [0.1, 0.15) is 12.4 Å². The summed E-state index contributed by atoms with van der Waals surface area (Å²) in [6.45, 7) is -0.765. The van der Waals surface area contributed by atoms with Crippen LogP contribution in [-0.4, -0.2) is 35.0 Å². The number of hydrogen-bond acceptors (Lipinski definition) is 2. The molecule has 0 saturated heterocycles. The molecule has 0 aliphatic carbocycles. The molecule has 0 spiro atoms. The molecule has 1 rings (SSSR count). The number of carboxylic acid groups (broad SMARTS) is 1. The molecule has 0 unspecified atom stereocenters. The van der Waals surface area contributed by atoms with E-state index < -0.39 is 24.2 Å². The van der Waals surface area contributed by atoms with Gasteiger partial charge >= 0.3 is 5.97 Å². The van der Waals surface area contributed by atoms with Gasteiger partial charge in [-0.15, -0.1) is 6.42 Å². The maximum Gasteiger partial charge on any atom is 0.323 e. The first kappa shape index (κ1) is 14.2. The fourth-order valence-corrected chi connectivity index (χ4v) is 1.64. The van der Waals surface area contributed by atoms with Gasteiger partial charge in [-0.05, 0) is 18.2 Å². The molecule has 0 aliphatic heterocycles. The molecule has 0 fully saturated rings. The Hall–Kier alpha value is -1.87. The van der Waals surface area contributed by atoms with Crippen molar-refractivity contribution in [3.05, 3.63) is 34.1 Å². The van der Waals surface area contributed by atoms with Crippen LogP contribution in [0.3, 0.4) is 0 Å². The monoisotopic (exact) mass is 313 g/mol. The van der Waals surface area contributed by atoms with Crippen LogP contribution in [0.1, 0.15) is 10.4 Å². The van der Waals surface area contributed by atoms with Gasteiger partial charge in [0, 0.05) is 4.47 Å². The van der Waals surface area contributed by atoms with Gasteiger partial charge in [0.2, 0.25) is 0 Å². The second-order valence-electron chi connectivity index (χ2n) is 3.38. The molecule has 94 valence electrons. The van der Waals surface area contributed by atoms with Crippen molar-refractivity contribution in [1.82, 2.24) is 4.90 Å². The summed E-state index contributed by atoms with van der Waals surface area (Å²) in [5.74, 6) is -0.531. The van der Waals surface area contributed by atoms with Crippen molar-refractivity contribution >= 4 is 27.8 Å². The zero-order valence-corrected chi connectivity index (χ0v) is 10.8. The molecule has 0 aromatic heterocycles. The second-order valence-corrected chi connectivity index (χ2v) is 4.30. The lowest BCUT2D eigenvalue weighted by Crippen LogP contribution is -2.36. The predicted molar refractivity (Wildman–Crippen MR) is 66.5 cm³/mol. The van der Waals surface area contributed by atoms with Gasteiger partial charge < -0.3 is 10.0 Å². The van der Waals surface area contributed by atoms with E-state index in [1.807, 2.05) is 0 Å². The van der Waals surface area contributed by atoms with Gasteiger partial charge in [-0.1, -0.05) is 21.9 Å². The molecular formula is C12H9BrFNO3. The predicted octanol–water partition coefficient (Wildman–Crippen LogP) is 1.75. The lowest BCUT2D eigenvalue weighted by molar-refractivity contribution is -0.137. The van der Waals surface area contributed by atoms with Crippen LogP contribution in [0.2, 0.25) is 0 Å². The quantitative estimate of drug-likeness (QED) is 0.862. The maximum atomic E-state index is 13.6. The Balaban J connectivity index is 3.02. The summed E-state index contributed by atoms with van der Waals surface area (Å²) >= 11 is 3.06. The summed E-state index contributed by atoms with van der Waals surface area (Å²) in [4.78, 5) is 23.4. The smallest absolute Gasteiger partial charge is 0.323 e. The molecule has 0 radical (unpaired) electrons. The highest BCUT2D eigenvalue weighted by Crippen LogP contribution is 2.16. The third kappa shape index (κ3) is 3.57. The van der Waals surface area contributed by atoms with Crippen molar-refractivity contribution in [2.45, 2.75) is 0 Å². The van der Waals surface area contributed by atoms with E-state index in [0.29, 0.717) is 4.47 Å². The van der Waals surface area contributed by atoms with Crippen molar-refractivity contribution in [3.63, 3.8) is 0 Å². The van der Waals surface area contributed by atoms with E-state index in [2.05, 4.69) is 21.9 Å². The molecule has 1 N–H and O–H groups in total. The Bertz CT molecular complexity index is 525. The fourth-order valence-electron chi connectivity index (χ4n) is 1.31. The van der Waals surface area contributed by atoms with Gasteiger partial charge in [0.05, 0.1) is 12.1 Å². The lowest BCUT2D eigenvalue weighted by Gasteiger charge is -2.18. The maximum absolute atomic E-state index is 13.6. The van der Waals surface area contributed by atoms with Crippen LogP contribution in [0.15, 0.2) is 22.7 Å². The fraction of sp³-hybridized carbons (Fsp3) is 0.167. The molecule has 1 amide bonds. The second kappa shape index (κ2) is 6.17. The normalized spacial score (nSPS) is 9.61. The van der Waals surface area contributed by atoms with Crippen molar-refractivity contribution in [3.8, 4) is 12.3 Å². The number of terminal acetylenes is 1. The topological polar surface area (TPSA) is 57.6 Å². The lowest BCUT2D eigenvalue weighted by atomic mass is 10.2. The SMILES string of the molecule is C#CCN(CC(=O)O)C(=O)c1ccc(Br)cc1F. The van der Waals surface area contributed by atoms with E-state index in [9.17, 15) is 14.0 Å². The highest BCUT2D eigenvalue weighted by Gasteiger charge is 2.20. The van der Waals surface area contributed by atoms with Crippen LogP contribution >= 0.6 is 15.9 Å². The zero-order chi connectivity index (χ0) is 13.7. The minimum atomic E-state index is -1.21. The van der Waals surface area contributed by atoms with Gasteiger partial charge in [0.15, 0.2) is 0 Å². The van der Waals surface area contributed by atoms with Crippen LogP contribution in [-0.2, 0) is 4.79 Å². The molecule has 0 saturated carbocycles. The van der Waals surface area contributed by atoms with E-state index in [4.69, 9.17) is 11.5 Å². The van der Waals surface area contributed by atoms with Crippen molar-refractivity contribution < 1.29 is 19.1 Å². The number of rotatable bonds is 4. The molecule has 4 nitrogen and oxygen atoms in total. The molecular weight excluding hydrogens is 305 g/mol. The van der Waals surface area contributed by atoms with Gasteiger partial charge in [0.25, 0.3) is 5.91 Å². The van der Waals surface area contributed by atoms with Crippen LogP contribution < -0.4 is 0 Å². The van der Waals surface area contributed by atoms with E-state index in [0.717, 1.165) is 11.0 Å². The first-order chi connectivity index (χ1) is 8.45. The number of carbonyl (C=O) groups is 2. The molecule has 18 heavy (non-hydrogen) atoms. The zero-order valence-electron chi connectivity index (χ0n) is 9.19. The van der Waals surface area contributed by atoms with Crippen molar-refractivity contribution in [2.24, 2.45) is 0 Å².